The van der Waals surface area contributed by atoms with Crippen molar-refractivity contribution < 1.29 is 0 Å². The largest absolute Gasteiger partial charge is 0.327 e. The van der Waals surface area contributed by atoms with Gasteiger partial charge in [-0.1, -0.05) is 23.3 Å². The monoisotopic (exact) mass is 354 g/mol. The van der Waals surface area contributed by atoms with Crippen molar-refractivity contribution in [2.24, 2.45) is 58.8 Å². The van der Waals surface area contributed by atoms with Crippen molar-refractivity contribution in [3.8, 4) is 0 Å². The molecule has 144 valence electrons. The summed E-state index contributed by atoms with van der Waals surface area (Å²) in [5.74, 6) is 8.10. The summed E-state index contributed by atoms with van der Waals surface area (Å²) in [6, 6.07) is 0. The molecule has 0 unspecified atom stereocenters. The van der Waals surface area contributed by atoms with E-state index in [1.807, 2.05) is 0 Å². The fourth-order valence-electron chi connectivity index (χ4n) is 8.40. The lowest BCUT2D eigenvalue weighted by Gasteiger charge is -2.51. The molecule has 8 bridgehead atoms. The maximum atomic E-state index is 5.63. The van der Waals surface area contributed by atoms with Crippen LogP contribution in [0.5, 0.6) is 0 Å². The second-order valence-corrected chi connectivity index (χ2v) is 10.5. The van der Waals surface area contributed by atoms with Crippen LogP contribution in [0.2, 0.25) is 0 Å². The molecule has 0 saturated heterocycles. The van der Waals surface area contributed by atoms with Crippen molar-refractivity contribution in [1.82, 2.24) is 0 Å². The van der Waals surface area contributed by atoms with Crippen LogP contribution in [-0.4, -0.2) is 13.1 Å². The van der Waals surface area contributed by atoms with Crippen LogP contribution >= 0.6 is 0 Å². The summed E-state index contributed by atoms with van der Waals surface area (Å²) in [5.41, 5.74) is 14.8. The molecule has 2 nitrogen and oxygen atoms in total. The van der Waals surface area contributed by atoms with E-state index >= 15 is 0 Å². The van der Waals surface area contributed by atoms with Crippen molar-refractivity contribution in [3.05, 3.63) is 23.3 Å². The maximum absolute atomic E-state index is 5.63. The van der Waals surface area contributed by atoms with Gasteiger partial charge in [0.05, 0.1) is 0 Å². The molecule has 8 fully saturated rings. The minimum Gasteiger partial charge on any atom is -0.327 e. The van der Waals surface area contributed by atoms with E-state index in [4.69, 9.17) is 11.5 Å². The minimum atomic E-state index is 0.762. The van der Waals surface area contributed by atoms with Gasteiger partial charge >= 0.3 is 0 Å². The first kappa shape index (κ1) is 17.5. The predicted octanol–water partition coefficient (Wildman–Crippen LogP) is 4.66. The Morgan fingerprint density at radius 2 is 0.769 bits per heavy atom. The highest BCUT2D eigenvalue weighted by Gasteiger charge is 2.45. The summed E-state index contributed by atoms with van der Waals surface area (Å²) >= 11 is 0. The van der Waals surface area contributed by atoms with E-state index in [-0.39, 0.29) is 0 Å². The average molecular weight is 355 g/mol. The number of hydrogen-bond donors (Lipinski definition) is 2. The van der Waals surface area contributed by atoms with E-state index in [0.717, 1.165) is 60.4 Å². The summed E-state index contributed by atoms with van der Waals surface area (Å²) < 4.78 is 0. The number of allylic oxidation sites excluding steroid dienone is 2. The highest BCUT2D eigenvalue weighted by molar-refractivity contribution is 5.21. The van der Waals surface area contributed by atoms with E-state index in [9.17, 15) is 0 Å². The van der Waals surface area contributed by atoms with Crippen LogP contribution in [0.1, 0.15) is 64.2 Å². The van der Waals surface area contributed by atoms with Gasteiger partial charge in [0.25, 0.3) is 0 Å². The summed E-state index contributed by atoms with van der Waals surface area (Å²) in [6.07, 6.45) is 19.6. The summed E-state index contributed by atoms with van der Waals surface area (Å²) in [7, 11) is 0. The van der Waals surface area contributed by atoms with Gasteiger partial charge in [0.1, 0.15) is 0 Å². The van der Waals surface area contributed by atoms with Gasteiger partial charge in [0.2, 0.25) is 0 Å². The Hall–Kier alpha value is -0.600. The highest BCUT2D eigenvalue weighted by Crippen LogP contribution is 2.57. The molecule has 0 radical (unpaired) electrons. The van der Waals surface area contributed by atoms with Crippen LogP contribution in [0, 0.1) is 47.3 Å². The molecule has 0 amide bonds. The molecule has 4 N–H and O–H groups in total. The Morgan fingerprint density at radius 1 is 0.500 bits per heavy atom. The molecule has 0 aliphatic heterocycles. The molecule has 0 aromatic rings. The zero-order valence-electron chi connectivity index (χ0n) is 16.4. The molecule has 0 atom stereocenters. The second-order valence-electron chi connectivity index (χ2n) is 10.5. The molecule has 0 heterocycles. The summed E-state index contributed by atoms with van der Waals surface area (Å²) in [6.45, 7) is 1.52. The number of hydrogen-bond acceptors (Lipinski definition) is 2. The molecule has 0 aromatic carbocycles. The van der Waals surface area contributed by atoms with Crippen molar-refractivity contribution in [2.75, 3.05) is 13.1 Å². The van der Waals surface area contributed by atoms with Gasteiger partial charge in [-0.3, -0.25) is 0 Å². The average Bonchev–Trinajstić information content (AvgIpc) is 2.61. The third-order valence-corrected chi connectivity index (χ3v) is 8.87. The van der Waals surface area contributed by atoms with Crippen molar-refractivity contribution >= 4 is 0 Å². The van der Waals surface area contributed by atoms with Gasteiger partial charge in [0, 0.05) is 13.1 Å². The molecular weight excluding hydrogens is 316 g/mol. The molecule has 26 heavy (non-hydrogen) atoms. The Labute approximate surface area is 159 Å². The maximum Gasteiger partial charge on any atom is 0.0109 e. The standard InChI is InChI=1S/2C12H19N/c2*13-2-1-12-10-4-8-3-9(6-10)7-11(12)5-8/h2*1,8-11H,2-7,13H2. The first-order chi connectivity index (χ1) is 12.7. The van der Waals surface area contributed by atoms with E-state index in [2.05, 4.69) is 12.2 Å². The van der Waals surface area contributed by atoms with E-state index in [0.29, 0.717) is 0 Å². The quantitative estimate of drug-likeness (QED) is 0.709. The molecule has 2 heteroatoms. The lowest BCUT2D eigenvalue weighted by Crippen LogP contribution is -2.40. The lowest BCUT2D eigenvalue weighted by atomic mass is 9.54. The van der Waals surface area contributed by atoms with Crippen LogP contribution in [0.4, 0.5) is 0 Å². The molecule has 0 aromatic heterocycles. The molecule has 8 aliphatic rings. The third kappa shape index (κ3) is 3.11. The molecule has 8 aliphatic carbocycles. The van der Waals surface area contributed by atoms with Gasteiger partial charge in [-0.15, -0.1) is 0 Å². The lowest BCUT2D eigenvalue weighted by molar-refractivity contribution is 0.0693. The number of nitrogens with two attached hydrogens (primary N) is 2. The smallest absolute Gasteiger partial charge is 0.0109 e. The summed E-state index contributed by atoms with van der Waals surface area (Å²) in [5, 5.41) is 0. The third-order valence-electron chi connectivity index (χ3n) is 8.87. The fourth-order valence-corrected chi connectivity index (χ4v) is 8.40. The first-order valence-electron chi connectivity index (χ1n) is 11.5. The van der Waals surface area contributed by atoms with E-state index < -0.39 is 0 Å². The Morgan fingerprint density at radius 3 is 1.00 bits per heavy atom. The highest BCUT2D eigenvalue weighted by atomic mass is 14.5. The fraction of sp³-hybridized carbons (Fsp3) is 0.833. The molecule has 8 saturated carbocycles. The summed E-state index contributed by atoms with van der Waals surface area (Å²) in [4.78, 5) is 0. The van der Waals surface area contributed by atoms with Gasteiger partial charge < -0.3 is 11.5 Å². The second kappa shape index (κ2) is 7.09. The van der Waals surface area contributed by atoms with Crippen LogP contribution in [0.25, 0.3) is 0 Å². The van der Waals surface area contributed by atoms with Gasteiger partial charge in [0.15, 0.2) is 0 Å². The molecular formula is C24H38N2. The molecule has 0 spiro atoms. The molecule has 8 rings (SSSR count). The van der Waals surface area contributed by atoms with Crippen molar-refractivity contribution in [2.45, 2.75) is 64.2 Å². The van der Waals surface area contributed by atoms with Crippen molar-refractivity contribution in [3.63, 3.8) is 0 Å². The van der Waals surface area contributed by atoms with Crippen LogP contribution in [-0.2, 0) is 0 Å². The van der Waals surface area contributed by atoms with Gasteiger partial charge in [-0.2, -0.15) is 0 Å². The predicted molar refractivity (Wildman–Crippen MR) is 108 cm³/mol. The first-order valence-corrected chi connectivity index (χ1v) is 11.5. The SMILES string of the molecule is NCC=C1C2CC3CC(C2)CC1C3.NCC=C1C2CC3CC(C2)CC1C3. The van der Waals surface area contributed by atoms with Crippen LogP contribution in [0.15, 0.2) is 23.3 Å². The van der Waals surface area contributed by atoms with Crippen LogP contribution in [0.3, 0.4) is 0 Å². The zero-order valence-corrected chi connectivity index (χ0v) is 16.4. The van der Waals surface area contributed by atoms with Gasteiger partial charge in [-0.25, -0.2) is 0 Å². The topological polar surface area (TPSA) is 52.0 Å². The zero-order chi connectivity index (χ0) is 17.7. The van der Waals surface area contributed by atoms with Crippen LogP contribution < -0.4 is 11.5 Å². The van der Waals surface area contributed by atoms with E-state index in [1.165, 1.54) is 51.4 Å². The normalized spacial score (nSPS) is 47.0. The van der Waals surface area contributed by atoms with Crippen molar-refractivity contribution in [1.29, 1.82) is 0 Å². The minimum absolute atomic E-state index is 0.762. The Kier molecular flexibility index (Phi) is 4.77. The van der Waals surface area contributed by atoms with Gasteiger partial charge in [-0.05, 0) is 112 Å². The Balaban J connectivity index is 0.000000115. The van der Waals surface area contributed by atoms with E-state index in [1.54, 1.807) is 24.0 Å². The number of rotatable bonds is 2. The Bertz CT molecular complexity index is 475.